The van der Waals surface area contributed by atoms with Crippen molar-refractivity contribution >= 4 is 27.5 Å². The van der Waals surface area contributed by atoms with Gasteiger partial charge < -0.3 is 5.73 Å². The van der Waals surface area contributed by atoms with E-state index in [2.05, 4.69) is 28.0 Å². The first kappa shape index (κ1) is 13.6. The zero-order valence-electron chi connectivity index (χ0n) is 10.1. The minimum absolute atomic E-state index is 0.0638. The lowest BCUT2D eigenvalue weighted by Gasteiger charge is -2.13. The van der Waals surface area contributed by atoms with Crippen LogP contribution in [-0.2, 0) is 13.0 Å². The Labute approximate surface area is 120 Å². The molecule has 1 atom stereocenters. The van der Waals surface area contributed by atoms with Gasteiger partial charge in [0.05, 0.1) is 6.20 Å². The van der Waals surface area contributed by atoms with Crippen LogP contribution in [0.25, 0.3) is 0 Å². The summed E-state index contributed by atoms with van der Waals surface area (Å²) in [6.45, 7) is 2.94. The molecular weight excluding hydrogens is 314 g/mol. The van der Waals surface area contributed by atoms with E-state index in [-0.39, 0.29) is 6.04 Å². The van der Waals surface area contributed by atoms with Gasteiger partial charge in [-0.1, -0.05) is 33.6 Å². The van der Waals surface area contributed by atoms with E-state index in [0.717, 1.165) is 28.6 Å². The number of halogens is 2. The molecule has 18 heavy (non-hydrogen) atoms. The second kappa shape index (κ2) is 5.87. The SMILES string of the molecule is CCn1cc(CC(N)c2ccc(Cl)cc2Br)cn1. The van der Waals surface area contributed by atoms with Gasteiger partial charge in [-0.25, -0.2) is 0 Å². The first-order valence-electron chi connectivity index (χ1n) is 5.82. The summed E-state index contributed by atoms with van der Waals surface area (Å²) >= 11 is 9.41. The molecule has 0 bridgehead atoms. The van der Waals surface area contributed by atoms with E-state index in [1.165, 1.54) is 0 Å². The average molecular weight is 329 g/mol. The van der Waals surface area contributed by atoms with Gasteiger partial charge >= 0.3 is 0 Å². The van der Waals surface area contributed by atoms with Gasteiger partial charge in [-0.3, -0.25) is 4.68 Å². The van der Waals surface area contributed by atoms with Gasteiger partial charge in [0.25, 0.3) is 0 Å². The summed E-state index contributed by atoms with van der Waals surface area (Å²) in [7, 11) is 0. The predicted molar refractivity (Wildman–Crippen MR) is 77.7 cm³/mol. The van der Waals surface area contributed by atoms with E-state index in [1.807, 2.05) is 35.3 Å². The number of aryl methyl sites for hydroxylation is 1. The molecule has 0 amide bonds. The highest BCUT2D eigenvalue weighted by molar-refractivity contribution is 9.10. The van der Waals surface area contributed by atoms with Crippen LogP contribution in [0.15, 0.2) is 35.1 Å². The molecule has 0 aliphatic carbocycles. The standard InChI is InChI=1S/C13H15BrClN3/c1-2-18-8-9(7-17-18)5-13(16)11-4-3-10(15)6-12(11)14/h3-4,6-8,13H,2,5,16H2,1H3. The first-order valence-corrected chi connectivity index (χ1v) is 6.99. The van der Waals surface area contributed by atoms with Crippen molar-refractivity contribution in [3.63, 3.8) is 0 Å². The van der Waals surface area contributed by atoms with Crippen molar-refractivity contribution in [2.24, 2.45) is 5.73 Å². The fraction of sp³-hybridized carbons (Fsp3) is 0.308. The van der Waals surface area contributed by atoms with Gasteiger partial charge in [0.1, 0.15) is 0 Å². The number of hydrogen-bond donors (Lipinski definition) is 1. The molecule has 0 saturated carbocycles. The number of benzene rings is 1. The Morgan fingerprint density at radius 1 is 1.50 bits per heavy atom. The van der Waals surface area contributed by atoms with Crippen molar-refractivity contribution in [2.75, 3.05) is 0 Å². The van der Waals surface area contributed by atoms with E-state index >= 15 is 0 Å². The molecule has 1 aromatic carbocycles. The lowest BCUT2D eigenvalue weighted by molar-refractivity contribution is 0.657. The Hall–Kier alpha value is -0.840. The summed E-state index contributed by atoms with van der Waals surface area (Å²) in [4.78, 5) is 0. The summed E-state index contributed by atoms with van der Waals surface area (Å²) in [5, 5.41) is 4.95. The van der Waals surface area contributed by atoms with Crippen molar-refractivity contribution in [2.45, 2.75) is 25.9 Å². The molecule has 1 aromatic heterocycles. The van der Waals surface area contributed by atoms with Crippen LogP contribution in [0.2, 0.25) is 5.02 Å². The van der Waals surface area contributed by atoms with Crippen LogP contribution in [0.1, 0.15) is 24.1 Å². The van der Waals surface area contributed by atoms with Crippen LogP contribution in [0.4, 0.5) is 0 Å². The number of nitrogens with zero attached hydrogens (tertiary/aromatic N) is 2. The van der Waals surface area contributed by atoms with Gasteiger partial charge in [0.2, 0.25) is 0 Å². The fourth-order valence-corrected chi connectivity index (χ4v) is 2.83. The lowest BCUT2D eigenvalue weighted by Crippen LogP contribution is -2.13. The maximum absolute atomic E-state index is 6.22. The highest BCUT2D eigenvalue weighted by Crippen LogP contribution is 2.27. The predicted octanol–water partition coefficient (Wildman–Crippen LogP) is 3.56. The lowest BCUT2D eigenvalue weighted by atomic mass is 10.0. The fourth-order valence-electron chi connectivity index (χ4n) is 1.85. The molecule has 1 heterocycles. The Bertz CT molecular complexity index is 539. The second-order valence-electron chi connectivity index (χ2n) is 4.18. The summed E-state index contributed by atoms with van der Waals surface area (Å²) in [5.41, 5.74) is 8.42. The largest absolute Gasteiger partial charge is 0.324 e. The Kier molecular flexibility index (Phi) is 4.43. The third-order valence-electron chi connectivity index (χ3n) is 2.83. The molecule has 96 valence electrons. The molecule has 5 heteroatoms. The minimum atomic E-state index is -0.0638. The number of rotatable bonds is 4. The third kappa shape index (κ3) is 3.13. The van der Waals surface area contributed by atoms with Crippen LogP contribution in [0.3, 0.4) is 0 Å². The van der Waals surface area contributed by atoms with Gasteiger partial charge in [-0.05, 0) is 36.6 Å². The smallest absolute Gasteiger partial charge is 0.0522 e. The van der Waals surface area contributed by atoms with Crippen LogP contribution in [0, 0.1) is 0 Å². The highest BCUT2D eigenvalue weighted by Gasteiger charge is 2.12. The van der Waals surface area contributed by atoms with Crippen LogP contribution < -0.4 is 5.73 Å². The van der Waals surface area contributed by atoms with Crippen molar-refractivity contribution in [1.29, 1.82) is 0 Å². The molecule has 0 aliphatic heterocycles. The Morgan fingerprint density at radius 3 is 2.89 bits per heavy atom. The molecule has 2 aromatic rings. The molecule has 0 fully saturated rings. The Morgan fingerprint density at radius 2 is 2.28 bits per heavy atom. The maximum Gasteiger partial charge on any atom is 0.0522 e. The number of nitrogens with two attached hydrogens (primary N) is 1. The van der Waals surface area contributed by atoms with Gasteiger partial charge in [0, 0.05) is 28.3 Å². The molecule has 1 unspecified atom stereocenters. The molecule has 3 nitrogen and oxygen atoms in total. The molecule has 0 saturated heterocycles. The Balaban J connectivity index is 2.13. The third-order valence-corrected chi connectivity index (χ3v) is 3.75. The second-order valence-corrected chi connectivity index (χ2v) is 5.47. The summed E-state index contributed by atoms with van der Waals surface area (Å²) in [6, 6.07) is 5.62. The van der Waals surface area contributed by atoms with E-state index in [4.69, 9.17) is 17.3 Å². The molecule has 0 radical (unpaired) electrons. The summed E-state index contributed by atoms with van der Waals surface area (Å²) < 4.78 is 2.85. The molecule has 2 rings (SSSR count). The molecule has 0 spiro atoms. The van der Waals surface area contributed by atoms with Crippen LogP contribution in [-0.4, -0.2) is 9.78 Å². The van der Waals surface area contributed by atoms with Gasteiger partial charge in [-0.2, -0.15) is 5.10 Å². The van der Waals surface area contributed by atoms with E-state index < -0.39 is 0 Å². The van der Waals surface area contributed by atoms with Crippen LogP contribution >= 0.6 is 27.5 Å². The highest BCUT2D eigenvalue weighted by atomic mass is 79.9. The summed E-state index contributed by atoms with van der Waals surface area (Å²) in [6.07, 6.45) is 4.66. The van der Waals surface area contributed by atoms with Crippen molar-refractivity contribution in [3.05, 3.63) is 51.2 Å². The van der Waals surface area contributed by atoms with Crippen molar-refractivity contribution in [3.8, 4) is 0 Å². The van der Waals surface area contributed by atoms with E-state index in [1.54, 1.807) is 0 Å². The molecule has 2 N–H and O–H groups in total. The quantitative estimate of drug-likeness (QED) is 0.932. The number of aromatic nitrogens is 2. The zero-order valence-corrected chi connectivity index (χ0v) is 12.4. The monoisotopic (exact) mass is 327 g/mol. The first-order chi connectivity index (χ1) is 8.60. The molecule has 0 aliphatic rings. The van der Waals surface area contributed by atoms with E-state index in [9.17, 15) is 0 Å². The topological polar surface area (TPSA) is 43.8 Å². The van der Waals surface area contributed by atoms with Gasteiger partial charge in [0.15, 0.2) is 0 Å². The summed E-state index contributed by atoms with van der Waals surface area (Å²) in [5.74, 6) is 0. The maximum atomic E-state index is 6.22. The minimum Gasteiger partial charge on any atom is -0.324 e. The van der Waals surface area contributed by atoms with Crippen molar-refractivity contribution < 1.29 is 0 Å². The van der Waals surface area contributed by atoms with Gasteiger partial charge in [-0.15, -0.1) is 0 Å². The number of hydrogen-bond acceptors (Lipinski definition) is 2. The average Bonchev–Trinajstić information content (AvgIpc) is 2.76. The van der Waals surface area contributed by atoms with Crippen LogP contribution in [0.5, 0.6) is 0 Å². The molecular formula is C13H15BrClN3. The zero-order chi connectivity index (χ0) is 13.1. The van der Waals surface area contributed by atoms with E-state index in [0.29, 0.717) is 5.02 Å². The normalized spacial score (nSPS) is 12.7. The van der Waals surface area contributed by atoms with Crippen molar-refractivity contribution in [1.82, 2.24) is 9.78 Å².